The molecule has 1 heterocycles. The highest BCUT2D eigenvalue weighted by atomic mass is 16.2. The van der Waals surface area contributed by atoms with Crippen LogP contribution in [0.2, 0.25) is 0 Å². The summed E-state index contributed by atoms with van der Waals surface area (Å²) in [5, 5.41) is 5.35. The number of urea groups is 1. The lowest BCUT2D eigenvalue weighted by Gasteiger charge is -2.25. The van der Waals surface area contributed by atoms with Gasteiger partial charge in [-0.15, -0.1) is 0 Å². The molecule has 0 aliphatic carbocycles. The summed E-state index contributed by atoms with van der Waals surface area (Å²) in [6, 6.07) is 9.07. The molecule has 0 radical (unpaired) electrons. The molecule has 1 aliphatic heterocycles. The molecule has 0 aromatic heterocycles. The molecule has 0 spiro atoms. The summed E-state index contributed by atoms with van der Waals surface area (Å²) in [5.74, 6) is -0.0484. The topological polar surface area (TPSA) is 58.2 Å². The molecule has 0 saturated heterocycles. The number of carbonyl (C=O) groups excluding carboxylic acids is 2. The first-order valence-corrected chi connectivity index (χ1v) is 6.10. The van der Waals surface area contributed by atoms with Crippen LogP contribution >= 0.6 is 0 Å². The van der Waals surface area contributed by atoms with Gasteiger partial charge in [0, 0.05) is 11.3 Å². The van der Waals surface area contributed by atoms with E-state index >= 15 is 0 Å². The van der Waals surface area contributed by atoms with Crippen molar-refractivity contribution in [1.82, 2.24) is 10.6 Å². The minimum Gasteiger partial charge on any atom is -0.327 e. The van der Waals surface area contributed by atoms with Gasteiger partial charge in [0.1, 0.15) is 0 Å². The highest BCUT2D eigenvalue weighted by Gasteiger charge is 2.25. The van der Waals surface area contributed by atoms with E-state index in [2.05, 4.69) is 10.6 Å². The number of rotatable bonds is 3. The van der Waals surface area contributed by atoms with Crippen molar-refractivity contribution in [3.05, 3.63) is 53.2 Å². The second-order valence-corrected chi connectivity index (χ2v) is 4.44. The van der Waals surface area contributed by atoms with Gasteiger partial charge in [0.2, 0.25) is 0 Å². The van der Waals surface area contributed by atoms with Crippen molar-refractivity contribution < 1.29 is 9.59 Å². The Labute approximate surface area is 112 Å². The smallest absolute Gasteiger partial charge is 0.319 e. The molecular weight excluding hydrogens is 240 g/mol. The summed E-state index contributed by atoms with van der Waals surface area (Å²) in [4.78, 5) is 23.1. The van der Waals surface area contributed by atoms with Gasteiger partial charge in [0.15, 0.2) is 5.78 Å². The molecule has 0 fully saturated rings. The first-order valence-electron chi connectivity index (χ1n) is 6.10. The summed E-state index contributed by atoms with van der Waals surface area (Å²) in [6.45, 7) is 3.24. The Hall–Kier alpha value is -2.36. The zero-order valence-electron chi connectivity index (χ0n) is 10.9. The lowest BCUT2D eigenvalue weighted by Crippen LogP contribution is -2.48. The molecule has 0 saturated carbocycles. The predicted molar refractivity (Wildman–Crippen MR) is 74.3 cm³/mol. The van der Waals surface area contributed by atoms with Gasteiger partial charge in [0.05, 0.1) is 6.04 Å². The van der Waals surface area contributed by atoms with Crippen molar-refractivity contribution in [2.75, 3.05) is 0 Å². The second-order valence-electron chi connectivity index (χ2n) is 4.44. The van der Waals surface area contributed by atoms with E-state index in [9.17, 15) is 9.59 Å². The van der Waals surface area contributed by atoms with E-state index in [0.717, 1.165) is 5.56 Å². The molecule has 4 heteroatoms. The monoisotopic (exact) mass is 256 g/mol. The Kier molecular flexibility index (Phi) is 3.80. The third-order valence-electron chi connectivity index (χ3n) is 2.96. The van der Waals surface area contributed by atoms with Gasteiger partial charge >= 0.3 is 6.03 Å². The summed E-state index contributed by atoms with van der Waals surface area (Å²) < 4.78 is 0. The number of allylic oxidation sites excluding steroid dienone is 1. The average molecular weight is 256 g/mol. The van der Waals surface area contributed by atoms with Crippen molar-refractivity contribution in [3.8, 4) is 0 Å². The Morgan fingerprint density at radius 1 is 1.26 bits per heavy atom. The van der Waals surface area contributed by atoms with Gasteiger partial charge in [-0.25, -0.2) is 4.79 Å². The molecule has 2 amide bonds. The third kappa shape index (κ3) is 3.10. The fourth-order valence-electron chi connectivity index (χ4n) is 2.12. The van der Waals surface area contributed by atoms with Crippen LogP contribution in [0.25, 0.3) is 6.08 Å². The van der Waals surface area contributed by atoms with Gasteiger partial charge in [-0.05, 0) is 19.4 Å². The van der Waals surface area contributed by atoms with Gasteiger partial charge in [-0.1, -0.05) is 42.5 Å². The number of amides is 2. The zero-order chi connectivity index (χ0) is 13.8. The second kappa shape index (κ2) is 5.52. The van der Waals surface area contributed by atoms with E-state index in [4.69, 9.17) is 0 Å². The highest BCUT2D eigenvalue weighted by Crippen LogP contribution is 2.15. The minimum absolute atomic E-state index is 0.0484. The minimum atomic E-state index is -0.383. The van der Waals surface area contributed by atoms with E-state index in [1.54, 1.807) is 6.92 Å². The van der Waals surface area contributed by atoms with Crippen LogP contribution in [-0.4, -0.2) is 17.9 Å². The van der Waals surface area contributed by atoms with Gasteiger partial charge in [0.25, 0.3) is 0 Å². The molecule has 1 atom stereocenters. The number of ketones is 1. The van der Waals surface area contributed by atoms with E-state index in [0.29, 0.717) is 11.3 Å². The standard InChI is InChI=1S/C15H16N2O2/c1-10-14(11(2)18)13(17-15(19)16-10)9-8-12-6-4-3-5-7-12/h3-9,13H,1-2H3,(H2,16,17,19)/t13-/m0/s1. The summed E-state index contributed by atoms with van der Waals surface area (Å²) in [7, 11) is 0. The van der Waals surface area contributed by atoms with Crippen LogP contribution in [-0.2, 0) is 4.79 Å². The molecule has 0 unspecified atom stereocenters. The summed E-state index contributed by atoms with van der Waals surface area (Å²) >= 11 is 0. The zero-order valence-corrected chi connectivity index (χ0v) is 10.9. The molecule has 19 heavy (non-hydrogen) atoms. The van der Waals surface area contributed by atoms with Crippen LogP contribution in [0.1, 0.15) is 19.4 Å². The van der Waals surface area contributed by atoms with Crippen LogP contribution in [0.4, 0.5) is 4.79 Å². The number of benzene rings is 1. The first kappa shape index (κ1) is 13.1. The third-order valence-corrected chi connectivity index (χ3v) is 2.96. The van der Waals surface area contributed by atoms with Crippen molar-refractivity contribution >= 4 is 17.9 Å². The number of nitrogens with one attached hydrogen (secondary N) is 2. The predicted octanol–water partition coefficient (Wildman–Crippen LogP) is 2.24. The Balaban J connectivity index is 2.27. The number of hydrogen-bond acceptors (Lipinski definition) is 2. The maximum Gasteiger partial charge on any atom is 0.319 e. The van der Waals surface area contributed by atoms with Crippen LogP contribution in [0.3, 0.4) is 0 Å². The van der Waals surface area contributed by atoms with Gasteiger partial charge in [-0.2, -0.15) is 0 Å². The van der Waals surface area contributed by atoms with Crippen molar-refractivity contribution in [3.63, 3.8) is 0 Å². The maximum atomic E-state index is 11.7. The van der Waals surface area contributed by atoms with E-state index in [1.165, 1.54) is 6.92 Å². The van der Waals surface area contributed by atoms with Crippen molar-refractivity contribution in [2.24, 2.45) is 0 Å². The van der Waals surface area contributed by atoms with Crippen LogP contribution in [0.15, 0.2) is 47.7 Å². The normalized spacial score (nSPS) is 19.3. The lowest BCUT2D eigenvalue weighted by atomic mass is 9.98. The summed E-state index contributed by atoms with van der Waals surface area (Å²) in [6.07, 6.45) is 3.72. The fraction of sp³-hybridized carbons (Fsp3) is 0.200. The molecule has 1 aliphatic rings. The largest absolute Gasteiger partial charge is 0.327 e. The fourth-order valence-corrected chi connectivity index (χ4v) is 2.12. The molecule has 98 valence electrons. The van der Waals surface area contributed by atoms with E-state index in [1.807, 2.05) is 42.5 Å². The Morgan fingerprint density at radius 2 is 1.95 bits per heavy atom. The number of carbonyl (C=O) groups is 2. The Morgan fingerprint density at radius 3 is 2.58 bits per heavy atom. The molecule has 4 nitrogen and oxygen atoms in total. The molecule has 1 aromatic carbocycles. The molecule has 1 aromatic rings. The van der Waals surface area contributed by atoms with Gasteiger partial charge < -0.3 is 10.6 Å². The lowest BCUT2D eigenvalue weighted by molar-refractivity contribution is -0.113. The van der Waals surface area contributed by atoms with Crippen LogP contribution < -0.4 is 10.6 Å². The van der Waals surface area contributed by atoms with Crippen molar-refractivity contribution in [1.29, 1.82) is 0 Å². The quantitative estimate of drug-likeness (QED) is 0.871. The average Bonchev–Trinajstić information content (AvgIpc) is 2.36. The molecule has 2 N–H and O–H groups in total. The number of Topliss-reactive ketones (excluding diaryl/α,β-unsaturated/α-hetero) is 1. The van der Waals surface area contributed by atoms with E-state index < -0.39 is 0 Å². The SMILES string of the molecule is CC(=O)C1=C(C)NC(=O)N[C@H]1C=Cc1ccccc1. The van der Waals surface area contributed by atoms with Crippen LogP contribution in [0.5, 0.6) is 0 Å². The maximum absolute atomic E-state index is 11.7. The molecular formula is C15H16N2O2. The molecule has 0 bridgehead atoms. The van der Waals surface area contributed by atoms with E-state index in [-0.39, 0.29) is 17.9 Å². The van der Waals surface area contributed by atoms with Gasteiger partial charge in [-0.3, -0.25) is 4.79 Å². The Bertz CT molecular complexity index is 559. The number of hydrogen-bond donors (Lipinski definition) is 2. The molecule has 2 rings (SSSR count). The van der Waals surface area contributed by atoms with Crippen molar-refractivity contribution in [2.45, 2.75) is 19.9 Å². The van der Waals surface area contributed by atoms with Crippen LogP contribution in [0, 0.1) is 0 Å². The highest BCUT2D eigenvalue weighted by molar-refractivity contribution is 5.98. The first-order chi connectivity index (χ1) is 9.08. The summed E-state index contributed by atoms with van der Waals surface area (Å²) in [5.41, 5.74) is 2.22.